The normalized spacial score (nSPS) is 10.3. The Balaban J connectivity index is 2.94. The molecule has 3 nitrogen and oxygen atoms in total. The molecule has 6 heteroatoms. The van der Waals surface area contributed by atoms with Crippen LogP contribution in [0.15, 0.2) is 18.2 Å². The van der Waals surface area contributed by atoms with Crippen molar-refractivity contribution in [3.05, 3.63) is 29.6 Å². The first kappa shape index (κ1) is 10.4. The summed E-state index contributed by atoms with van der Waals surface area (Å²) in [4.78, 5) is 0. The first-order chi connectivity index (χ1) is 6.50. The van der Waals surface area contributed by atoms with Gasteiger partial charge < -0.3 is 10.5 Å². The van der Waals surface area contributed by atoms with Crippen LogP contribution in [0.3, 0.4) is 0 Å². The molecular formula is C8H7F3N2O. The Morgan fingerprint density at radius 3 is 2.50 bits per heavy atom. The van der Waals surface area contributed by atoms with Gasteiger partial charge in [0.25, 0.3) is 0 Å². The summed E-state index contributed by atoms with van der Waals surface area (Å²) in [6.07, 6.45) is 0. The molecule has 76 valence electrons. The molecule has 0 aromatic heterocycles. The van der Waals surface area contributed by atoms with Crippen LogP contribution >= 0.6 is 0 Å². The van der Waals surface area contributed by atoms with E-state index in [9.17, 15) is 13.2 Å². The van der Waals surface area contributed by atoms with E-state index in [2.05, 4.69) is 4.74 Å². The summed E-state index contributed by atoms with van der Waals surface area (Å²) in [6, 6.07) is 2.98. The minimum absolute atomic E-state index is 0.147. The summed E-state index contributed by atoms with van der Waals surface area (Å²) in [5.41, 5.74) is 4.87. The fraction of sp³-hybridized carbons (Fsp3) is 0.125. The van der Waals surface area contributed by atoms with Crippen LogP contribution in [0.5, 0.6) is 5.75 Å². The Morgan fingerprint density at radius 2 is 2.07 bits per heavy atom. The molecule has 0 atom stereocenters. The Morgan fingerprint density at radius 1 is 1.43 bits per heavy atom. The van der Waals surface area contributed by atoms with E-state index in [0.717, 1.165) is 18.2 Å². The van der Waals surface area contributed by atoms with Gasteiger partial charge in [0.15, 0.2) is 0 Å². The highest BCUT2D eigenvalue weighted by Crippen LogP contribution is 2.18. The van der Waals surface area contributed by atoms with Gasteiger partial charge in [-0.1, -0.05) is 0 Å². The second-order valence-electron chi connectivity index (χ2n) is 2.43. The van der Waals surface area contributed by atoms with Crippen molar-refractivity contribution in [1.82, 2.24) is 0 Å². The van der Waals surface area contributed by atoms with Crippen LogP contribution in [0, 0.1) is 11.2 Å². The fourth-order valence-electron chi connectivity index (χ4n) is 0.890. The lowest BCUT2D eigenvalue weighted by molar-refractivity contribution is -0.0499. The van der Waals surface area contributed by atoms with Crippen molar-refractivity contribution in [3.63, 3.8) is 0 Å². The molecule has 0 spiro atoms. The largest absolute Gasteiger partial charge is 0.435 e. The molecule has 1 rings (SSSR count). The zero-order valence-corrected chi connectivity index (χ0v) is 6.93. The molecule has 0 aliphatic heterocycles. The standard InChI is InChI=1S/C8H7F3N2O/c9-6-3-4(14-8(10)11)1-2-5(6)7(12)13/h1-3,8H,(H3,12,13). The highest BCUT2D eigenvalue weighted by molar-refractivity contribution is 5.95. The third-order valence-corrected chi connectivity index (χ3v) is 1.46. The van der Waals surface area contributed by atoms with Crippen molar-refractivity contribution in [2.45, 2.75) is 6.61 Å². The van der Waals surface area contributed by atoms with E-state index in [4.69, 9.17) is 11.1 Å². The summed E-state index contributed by atoms with van der Waals surface area (Å²) >= 11 is 0. The maximum Gasteiger partial charge on any atom is 0.387 e. The topological polar surface area (TPSA) is 59.1 Å². The smallest absolute Gasteiger partial charge is 0.387 e. The zero-order chi connectivity index (χ0) is 10.7. The van der Waals surface area contributed by atoms with Crippen LogP contribution in [-0.2, 0) is 0 Å². The highest BCUT2D eigenvalue weighted by Gasteiger charge is 2.09. The third-order valence-electron chi connectivity index (χ3n) is 1.46. The quantitative estimate of drug-likeness (QED) is 0.581. The van der Waals surface area contributed by atoms with Gasteiger partial charge in [0.1, 0.15) is 17.4 Å². The number of halogens is 3. The molecule has 0 aliphatic rings. The summed E-state index contributed by atoms with van der Waals surface area (Å²) in [5.74, 6) is -1.63. The average Bonchev–Trinajstić information content (AvgIpc) is 2.01. The minimum atomic E-state index is -3.00. The van der Waals surface area contributed by atoms with Crippen LogP contribution < -0.4 is 10.5 Å². The van der Waals surface area contributed by atoms with Gasteiger partial charge >= 0.3 is 6.61 Å². The van der Waals surface area contributed by atoms with E-state index in [-0.39, 0.29) is 11.3 Å². The van der Waals surface area contributed by atoms with E-state index in [1.807, 2.05) is 0 Å². The summed E-state index contributed by atoms with van der Waals surface area (Å²) in [7, 11) is 0. The van der Waals surface area contributed by atoms with Crippen molar-refractivity contribution in [1.29, 1.82) is 5.41 Å². The predicted molar refractivity (Wildman–Crippen MR) is 44.0 cm³/mol. The highest BCUT2D eigenvalue weighted by atomic mass is 19.3. The molecule has 3 N–H and O–H groups in total. The number of ether oxygens (including phenoxy) is 1. The van der Waals surface area contributed by atoms with Crippen molar-refractivity contribution in [2.75, 3.05) is 0 Å². The molecular weight excluding hydrogens is 197 g/mol. The number of hydrogen-bond acceptors (Lipinski definition) is 2. The lowest BCUT2D eigenvalue weighted by Crippen LogP contribution is -2.13. The van der Waals surface area contributed by atoms with Crippen molar-refractivity contribution in [2.24, 2.45) is 5.73 Å². The third kappa shape index (κ3) is 2.38. The molecule has 0 fully saturated rings. The number of benzene rings is 1. The number of hydrogen-bond donors (Lipinski definition) is 2. The maximum absolute atomic E-state index is 13.0. The van der Waals surface area contributed by atoms with Crippen molar-refractivity contribution < 1.29 is 17.9 Å². The van der Waals surface area contributed by atoms with Gasteiger partial charge in [0, 0.05) is 6.07 Å². The second kappa shape index (κ2) is 3.99. The van der Waals surface area contributed by atoms with Gasteiger partial charge in [-0.2, -0.15) is 8.78 Å². The Labute approximate surface area is 77.8 Å². The predicted octanol–water partition coefficient (Wildman–Crippen LogP) is 1.71. The Hall–Kier alpha value is -1.72. The molecule has 0 aliphatic carbocycles. The first-order valence-electron chi connectivity index (χ1n) is 3.59. The van der Waals surface area contributed by atoms with Crippen LogP contribution in [0.2, 0.25) is 0 Å². The van der Waals surface area contributed by atoms with Crippen LogP contribution in [-0.4, -0.2) is 12.4 Å². The lowest BCUT2D eigenvalue weighted by Gasteiger charge is -2.06. The number of nitrogens with two attached hydrogens (primary N) is 1. The van der Waals surface area contributed by atoms with E-state index < -0.39 is 18.3 Å². The summed E-state index contributed by atoms with van der Waals surface area (Å²) < 4.78 is 40.4. The van der Waals surface area contributed by atoms with E-state index in [1.165, 1.54) is 0 Å². The van der Waals surface area contributed by atoms with E-state index >= 15 is 0 Å². The molecule has 0 unspecified atom stereocenters. The molecule has 0 heterocycles. The number of nitrogens with one attached hydrogen (secondary N) is 1. The molecule has 0 amide bonds. The zero-order valence-electron chi connectivity index (χ0n) is 6.93. The Bertz CT molecular complexity index is 354. The SMILES string of the molecule is N=C(N)c1ccc(OC(F)F)cc1F. The summed E-state index contributed by atoms with van der Waals surface area (Å²) in [6.45, 7) is -3.00. The average molecular weight is 204 g/mol. The van der Waals surface area contributed by atoms with Gasteiger partial charge in [0.2, 0.25) is 0 Å². The van der Waals surface area contributed by atoms with Gasteiger partial charge in [-0.3, -0.25) is 5.41 Å². The molecule has 0 saturated heterocycles. The van der Waals surface area contributed by atoms with Crippen molar-refractivity contribution >= 4 is 5.84 Å². The molecule has 1 aromatic carbocycles. The lowest BCUT2D eigenvalue weighted by atomic mass is 10.2. The molecule has 0 saturated carbocycles. The second-order valence-corrected chi connectivity index (χ2v) is 2.43. The molecule has 0 bridgehead atoms. The van der Waals surface area contributed by atoms with Gasteiger partial charge in [-0.25, -0.2) is 4.39 Å². The van der Waals surface area contributed by atoms with Gasteiger partial charge in [0.05, 0.1) is 5.56 Å². The number of amidine groups is 1. The first-order valence-corrected chi connectivity index (χ1v) is 3.59. The number of rotatable bonds is 3. The molecule has 14 heavy (non-hydrogen) atoms. The minimum Gasteiger partial charge on any atom is -0.435 e. The Kier molecular flexibility index (Phi) is 2.95. The molecule has 1 aromatic rings. The monoisotopic (exact) mass is 204 g/mol. The van der Waals surface area contributed by atoms with Crippen LogP contribution in [0.25, 0.3) is 0 Å². The summed E-state index contributed by atoms with van der Waals surface area (Å²) in [5, 5.41) is 6.94. The van der Waals surface area contributed by atoms with Crippen molar-refractivity contribution in [3.8, 4) is 5.75 Å². The maximum atomic E-state index is 13.0. The number of alkyl halides is 2. The number of nitrogen functional groups attached to an aromatic ring is 1. The van der Waals surface area contributed by atoms with Gasteiger partial charge in [-0.15, -0.1) is 0 Å². The van der Waals surface area contributed by atoms with Crippen LogP contribution in [0.4, 0.5) is 13.2 Å². The van der Waals surface area contributed by atoms with Crippen LogP contribution in [0.1, 0.15) is 5.56 Å². The van der Waals surface area contributed by atoms with E-state index in [1.54, 1.807) is 0 Å². The van der Waals surface area contributed by atoms with Gasteiger partial charge in [-0.05, 0) is 12.1 Å². The fourth-order valence-corrected chi connectivity index (χ4v) is 0.890. The molecule has 0 radical (unpaired) electrons. The van der Waals surface area contributed by atoms with E-state index in [0.29, 0.717) is 0 Å².